The molecule has 0 aliphatic carbocycles. The Labute approximate surface area is 172 Å². The molecule has 0 aromatic heterocycles. The van der Waals surface area contributed by atoms with Gasteiger partial charge < -0.3 is 4.90 Å². The summed E-state index contributed by atoms with van der Waals surface area (Å²) in [6, 6.07) is 17.9. The van der Waals surface area contributed by atoms with Crippen molar-refractivity contribution < 1.29 is 9.59 Å². The van der Waals surface area contributed by atoms with Crippen molar-refractivity contribution in [2.45, 2.75) is 32.2 Å². The third kappa shape index (κ3) is 4.57. The van der Waals surface area contributed by atoms with Gasteiger partial charge in [0.2, 0.25) is 5.91 Å². The monoisotopic (exact) mass is 391 g/mol. The van der Waals surface area contributed by atoms with Crippen LogP contribution in [-0.4, -0.2) is 60.4 Å². The van der Waals surface area contributed by atoms with Crippen LogP contribution in [0, 0.1) is 6.92 Å². The van der Waals surface area contributed by atoms with Crippen LogP contribution in [0.2, 0.25) is 0 Å². The van der Waals surface area contributed by atoms with Gasteiger partial charge in [0.05, 0.1) is 18.2 Å². The van der Waals surface area contributed by atoms with Crippen molar-refractivity contribution in [2.75, 3.05) is 37.6 Å². The van der Waals surface area contributed by atoms with Crippen LogP contribution >= 0.6 is 0 Å². The van der Waals surface area contributed by atoms with Gasteiger partial charge in [0.15, 0.2) is 0 Å². The summed E-state index contributed by atoms with van der Waals surface area (Å²) in [6.45, 7) is 6.68. The largest absolute Gasteiger partial charge is 0.301 e. The highest BCUT2D eigenvalue weighted by Gasteiger charge is 2.43. The zero-order valence-corrected chi connectivity index (χ0v) is 17.1. The van der Waals surface area contributed by atoms with Gasteiger partial charge in [-0.2, -0.15) is 0 Å². The van der Waals surface area contributed by atoms with Gasteiger partial charge in [-0.3, -0.25) is 14.5 Å². The molecule has 0 unspecified atom stereocenters. The van der Waals surface area contributed by atoms with Gasteiger partial charge in [-0.15, -0.1) is 0 Å². The second-order valence-corrected chi connectivity index (χ2v) is 8.09. The highest BCUT2D eigenvalue weighted by molar-refractivity contribution is 6.22. The predicted octanol–water partition coefficient (Wildman–Crippen LogP) is 2.88. The van der Waals surface area contributed by atoms with E-state index >= 15 is 0 Å². The normalized spacial score (nSPS) is 21.1. The van der Waals surface area contributed by atoms with E-state index in [1.165, 1.54) is 10.5 Å². The number of anilines is 1. The van der Waals surface area contributed by atoms with Crippen LogP contribution in [0.3, 0.4) is 0 Å². The molecule has 0 bridgehead atoms. The minimum atomic E-state index is -0.310. The van der Waals surface area contributed by atoms with Gasteiger partial charge in [-0.25, -0.2) is 4.90 Å². The molecule has 1 atom stereocenters. The van der Waals surface area contributed by atoms with Crippen LogP contribution in [0.1, 0.15) is 24.0 Å². The molecule has 152 valence electrons. The van der Waals surface area contributed by atoms with Crippen molar-refractivity contribution in [3.63, 3.8) is 0 Å². The van der Waals surface area contributed by atoms with Gasteiger partial charge >= 0.3 is 0 Å². The van der Waals surface area contributed by atoms with Gasteiger partial charge in [-0.1, -0.05) is 48.0 Å². The molecule has 2 fully saturated rings. The summed E-state index contributed by atoms with van der Waals surface area (Å²) in [7, 11) is 0. The van der Waals surface area contributed by atoms with E-state index in [1.54, 1.807) is 0 Å². The van der Waals surface area contributed by atoms with Crippen LogP contribution in [0.15, 0.2) is 54.6 Å². The summed E-state index contributed by atoms with van der Waals surface area (Å²) in [4.78, 5) is 31.5. The van der Waals surface area contributed by atoms with Crippen LogP contribution in [-0.2, 0) is 16.0 Å². The van der Waals surface area contributed by atoms with Gasteiger partial charge in [0.25, 0.3) is 5.91 Å². The summed E-state index contributed by atoms with van der Waals surface area (Å²) >= 11 is 0. The fraction of sp³-hybridized carbons (Fsp3) is 0.417. The maximum absolute atomic E-state index is 13.0. The second-order valence-electron chi connectivity index (χ2n) is 8.09. The number of benzene rings is 2. The van der Waals surface area contributed by atoms with E-state index in [0.717, 1.165) is 51.1 Å². The maximum Gasteiger partial charge on any atom is 0.251 e. The van der Waals surface area contributed by atoms with Crippen molar-refractivity contribution in [3.05, 3.63) is 65.7 Å². The molecule has 5 heteroatoms. The van der Waals surface area contributed by atoms with E-state index in [4.69, 9.17) is 0 Å². The topological polar surface area (TPSA) is 43.9 Å². The van der Waals surface area contributed by atoms with Crippen LogP contribution in [0.5, 0.6) is 0 Å². The van der Waals surface area contributed by atoms with E-state index in [-0.39, 0.29) is 17.9 Å². The third-order valence-corrected chi connectivity index (χ3v) is 6.05. The standard InChI is InChI=1S/C24H29N3O2/c1-19-9-11-21(12-10-19)27-23(28)18-22(24(27)29)26-16-14-25(15-17-26)13-5-8-20-6-3-2-4-7-20/h2-4,6-7,9-12,22H,5,8,13-18H2,1H3/t22-/m0/s1. The Balaban J connectivity index is 1.28. The van der Waals surface area contributed by atoms with Crippen LogP contribution in [0.4, 0.5) is 5.69 Å². The summed E-state index contributed by atoms with van der Waals surface area (Å²) in [5.74, 6) is -0.162. The van der Waals surface area contributed by atoms with Crippen molar-refractivity contribution in [1.29, 1.82) is 0 Å². The fourth-order valence-electron chi connectivity index (χ4n) is 4.32. The molecule has 29 heavy (non-hydrogen) atoms. The zero-order valence-electron chi connectivity index (χ0n) is 17.1. The number of piperazine rings is 1. The summed E-state index contributed by atoms with van der Waals surface area (Å²) in [5.41, 5.74) is 3.19. The van der Waals surface area contributed by atoms with Crippen molar-refractivity contribution in [2.24, 2.45) is 0 Å². The first-order valence-electron chi connectivity index (χ1n) is 10.6. The van der Waals surface area contributed by atoms with Crippen molar-refractivity contribution >= 4 is 17.5 Å². The Morgan fingerprint density at radius 3 is 2.28 bits per heavy atom. The molecule has 4 rings (SSSR count). The number of hydrogen-bond donors (Lipinski definition) is 0. The first-order chi connectivity index (χ1) is 14.1. The molecule has 2 aromatic rings. The number of hydrogen-bond acceptors (Lipinski definition) is 4. The zero-order chi connectivity index (χ0) is 20.2. The summed E-state index contributed by atoms with van der Waals surface area (Å²) in [6.07, 6.45) is 2.54. The second kappa shape index (κ2) is 8.89. The Morgan fingerprint density at radius 1 is 0.897 bits per heavy atom. The molecular formula is C24H29N3O2. The minimum Gasteiger partial charge on any atom is -0.301 e. The minimum absolute atomic E-state index is 0.0728. The lowest BCUT2D eigenvalue weighted by Crippen LogP contribution is -2.52. The van der Waals surface area contributed by atoms with E-state index in [9.17, 15) is 9.59 Å². The third-order valence-electron chi connectivity index (χ3n) is 6.05. The van der Waals surface area contributed by atoms with Gasteiger partial charge in [0.1, 0.15) is 0 Å². The van der Waals surface area contributed by atoms with Gasteiger partial charge in [-0.05, 0) is 44.0 Å². The number of rotatable bonds is 6. The lowest BCUT2D eigenvalue weighted by atomic mass is 10.1. The van der Waals surface area contributed by atoms with E-state index in [1.807, 2.05) is 31.2 Å². The maximum atomic E-state index is 13.0. The Bertz CT molecular complexity index is 842. The molecular weight excluding hydrogens is 362 g/mol. The van der Waals surface area contributed by atoms with Crippen LogP contribution in [0.25, 0.3) is 0 Å². The predicted molar refractivity (Wildman–Crippen MR) is 115 cm³/mol. The summed E-state index contributed by atoms with van der Waals surface area (Å²) < 4.78 is 0. The number of amides is 2. The molecule has 5 nitrogen and oxygen atoms in total. The fourth-order valence-corrected chi connectivity index (χ4v) is 4.32. The first-order valence-corrected chi connectivity index (χ1v) is 10.6. The molecule has 2 aliphatic rings. The van der Waals surface area contributed by atoms with E-state index in [2.05, 4.69) is 40.1 Å². The van der Waals surface area contributed by atoms with E-state index in [0.29, 0.717) is 12.1 Å². The molecule has 0 saturated carbocycles. The SMILES string of the molecule is Cc1ccc(N2C(=O)C[C@H](N3CCN(CCCc4ccccc4)CC3)C2=O)cc1. The molecule has 0 radical (unpaired) electrons. The number of aryl methyl sites for hydroxylation is 2. The highest BCUT2D eigenvalue weighted by atomic mass is 16.2. The average Bonchev–Trinajstić information content (AvgIpc) is 3.04. The van der Waals surface area contributed by atoms with Gasteiger partial charge in [0, 0.05) is 26.2 Å². The number of carbonyl (C=O) groups is 2. The lowest BCUT2D eigenvalue weighted by Gasteiger charge is -2.37. The highest BCUT2D eigenvalue weighted by Crippen LogP contribution is 2.26. The molecule has 0 N–H and O–H groups in total. The summed E-state index contributed by atoms with van der Waals surface area (Å²) in [5, 5.41) is 0. The molecule has 2 aliphatic heterocycles. The average molecular weight is 392 g/mol. The van der Waals surface area contributed by atoms with Crippen molar-refractivity contribution in [1.82, 2.24) is 9.80 Å². The molecule has 2 aromatic carbocycles. The molecule has 2 saturated heterocycles. The lowest BCUT2D eigenvalue weighted by molar-refractivity contribution is -0.123. The Kier molecular flexibility index (Phi) is 6.07. The number of nitrogens with zero attached hydrogens (tertiary/aromatic N) is 3. The quantitative estimate of drug-likeness (QED) is 0.711. The Morgan fingerprint density at radius 2 is 1.59 bits per heavy atom. The number of imide groups is 1. The molecule has 0 spiro atoms. The van der Waals surface area contributed by atoms with Crippen LogP contribution < -0.4 is 4.90 Å². The number of carbonyl (C=O) groups excluding carboxylic acids is 2. The van der Waals surface area contributed by atoms with E-state index < -0.39 is 0 Å². The molecule has 2 heterocycles. The Hall–Kier alpha value is -2.50. The molecule has 2 amide bonds. The smallest absolute Gasteiger partial charge is 0.251 e. The van der Waals surface area contributed by atoms with Crippen molar-refractivity contribution in [3.8, 4) is 0 Å². The first kappa shape index (κ1) is 19.8.